The van der Waals surface area contributed by atoms with Crippen molar-refractivity contribution >= 4 is 11.8 Å². The molecular weight excluding hydrogens is 369 g/mol. The first kappa shape index (κ1) is 21.5. The molecule has 2 aromatic rings. The molecule has 2 amide bonds. The Kier molecular flexibility index (Phi) is 6.83. The maximum Gasteiger partial charge on any atom is 0.416 e. The van der Waals surface area contributed by atoms with Gasteiger partial charge in [-0.3, -0.25) is 9.59 Å². The SMILES string of the molecule is Cc1ccccc1C(=O)NC(C(=O)NCc1cccc(C(F)(F)F)c1)C(C)C. The van der Waals surface area contributed by atoms with Gasteiger partial charge in [0.1, 0.15) is 6.04 Å². The van der Waals surface area contributed by atoms with E-state index in [0.29, 0.717) is 11.1 Å². The van der Waals surface area contributed by atoms with E-state index < -0.39 is 23.7 Å². The quantitative estimate of drug-likeness (QED) is 0.778. The summed E-state index contributed by atoms with van der Waals surface area (Å²) >= 11 is 0. The Morgan fingerprint density at radius 2 is 1.71 bits per heavy atom. The summed E-state index contributed by atoms with van der Waals surface area (Å²) in [4.78, 5) is 25.0. The molecule has 0 heterocycles. The molecule has 1 atom stereocenters. The maximum absolute atomic E-state index is 12.8. The zero-order valence-electron chi connectivity index (χ0n) is 15.9. The second-order valence-corrected chi connectivity index (χ2v) is 6.93. The number of rotatable bonds is 6. The molecular formula is C21H23F3N2O2. The van der Waals surface area contributed by atoms with Crippen molar-refractivity contribution in [3.05, 3.63) is 70.8 Å². The van der Waals surface area contributed by atoms with Gasteiger partial charge in [0, 0.05) is 12.1 Å². The lowest BCUT2D eigenvalue weighted by atomic mass is 10.0. The zero-order chi connectivity index (χ0) is 20.9. The van der Waals surface area contributed by atoms with Crippen molar-refractivity contribution in [1.29, 1.82) is 0 Å². The molecule has 0 spiro atoms. The summed E-state index contributed by atoms with van der Waals surface area (Å²) < 4.78 is 38.4. The van der Waals surface area contributed by atoms with E-state index in [0.717, 1.165) is 17.7 Å². The van der Waals surface area contributed by atoms with Gasteiger partial charge in [-0.05, 0) is 42.2 Å². The monoisotopic (exact) mass is 392 g/mol. The highest BCUT2D eigenvalue weighted by atomic mass is 19.4. The maximum atomic E-state index is 12.8. The largest absolute Gasteiger partial charge is 0.416 e. The van der Waals surface area contributed by atoms with Gasteiger partial charge in [0.2, 0.25) is 5.91 Å². The fraction of sp³-hybridized carbons (Fsp3) is 0.333. The van der Waals surface area contributed by atoms with Crippen molar-refractivity contribution in [2.75, 3.05) is 0 Å². The van der Waals surface area contributed by atoms with Gasteiger partial charge in [-0.2, -0.15) is 13.2 Å². The summed E-state index contributed by atoms with van der Waals surface area (Å²) in [5.41, 5.74) is 0.814. The van der Waals surface area contributed by atoms with Gasteiger partial charge < -0.3 is 10.6 Å². The highest BCUT2D eigenvalue weighted by Gasteiger charge is 2.30. The van der Waals surface area contributed by atoms with Crippen LogP contribution in [0.3, 0.4) is 0 Å². The van der Waals surface area contributed by atoms with Crippen LogP contribution in [-0.2, 0) is 17.5 Å². The number of hydrogen-bond acceptors (Lipinski definition) is 2. The molecule has 0 bridgehead atoms. The standard InChI is InChI=1S/C21H23F3N2O2/c1-13(2)18(26-19(27)17-10-5-4-7-14(17)3)20(28)25-12-15-8-6-9-16(11-15)21(22,23)24/h4-11,13,18H,12H2,1-3H3,(H,25,28)(H,26,27). The lowest BCUT2D eigenvalue weighted by Crippen LogP contribution is -2.49. The summed E-state index contributed by atoms with van der Waals surface area (Å²) in [6.07, 6.45) is -4.44. The van der Waals surface area contributed by atoms with Crippen molar-refractivity contribution in [2.45, 2.75) is 39.5 Å². The number of halogens is 3. The van der Waals surface area contributed by atoms with Crippen LogP contribution in [-0.4, -0.2) is 17.9 Å². The Balaban J connectivity index is 2.06. The molecule has 0 saturated heterocycles. The first-order valence-electron chi connectivity index (χ1n) is 8.90. The van der Waals surface area contributed by atoms with E-state index in [2.05, 4.69) is 10.6 Å². The smallest absolute Gasteiger partial charge is 0.350 e. The van der Waals surface area contributed by atoms with Crippen molar-refractivity contribution in [3.63, 3.8) is 0 Å². The van der Waals surface area contributed by atoms with Crippen molar-refractivity contribution < 1.29 is 22.8 Å². The van der Waals surface area contributed by atoms with Crippen LogP contribution in [0.1, 0.15) is 40.9 Å². The lowest BCUT2D eigenvalue weighted by molar-refractivity contribution is -0.137. The fourth-order valence-corrected chi connectivity index (χ4v) is 2.74. The second kappa shape index (κ2) is 8.91. The topological polar surface area (TPSA) is 58.2 Å². The Bertz CT molecular complexity index is 848. The minimum Gasteiger partial charge on any atom is -0.350 e. The number of alkyl halides is 3. The average Bonchev–Trinajstić information content (AvgIpc) is 2.63. The van der Waals surface area contributed by atoms with Gasteiger partial charge in [0.25, 0.3) is 5.91 Å². The molecule has 4 nitrogen and oxygen atoms in total. The lowest BCUT2D eigenvalue weighted by Gasteiger charge is -2.22. The molecule has 150 valence electrons. The number of nitrogens with one attached hydrogen (secondary N) is 2. The van der Waals surface area contributed by atoms with Crippen molar-refractivity contribution in [1.82, 2.24) is 10.6 Å². The predicted molar refractivity (Wildman–Crippen MR) is 101 cm³/mol. The fourth-order valence-electron chi connectivity index (χ4n) is 2.74. The molecule has 0 saturated carbocycles. The molecule has 7 heteroatoms. The van der Waals surface area contributed by atoms with Crippen LogP contribution in [0.5, 0.6) is 0 Å². The number of aryl methyl sites for hydroxylation is 1. The Hall–Kier alpha value is -2.83. The molecule has 2 rings (SSSR count). The number of carbonyl (C=O) groups is 2. The molecule has 0 aromatic heterocycles. The third-order valence-corrected chi connectivity index (χ3v) is 4.35. The summed E-state index contributed by atoms with van der Waals surface area (Å²) in [6, 6.07) is 11.0. The number of hydrogen-bond donors (Lipinski definition) is 2. The van der Waals surface area contributed by atoms with Gasteiger partial charge in [-0.1, -0.05) is 44.2 Å². The Morgan fingerprint density at radius 1 is 1.04 bits per heavy atom. The summed E-state index contributed by atoms with van der Waals surface area (Å²) in [7, 11) is 0. The minimum absolute atomic E-state index is 0.0633. The van der Waals surface area contributed by atoms with Crippen LogP contribution in [0, 0.1) is 12.8 Å². The third-order valence-electron chi connectivity index (χ3n) is 4.35. The summed E-state index contributed by atoms with van der Waals surface area (Å²) in [6.45, 7) is 5.30. The van der Waals surface area contributed by atoms with Gasteiger partial charge in [0.05, 0.1) is 5.56 Å². The van der Waals surface area contributed by atoms with E-state index in [1.54, 1.807) is 39.0 Å². The predicted octanol–water partition coefficient (Wildman–Crippen LogP) is 4.08. The van der Waals surface area contributed by atoms with Crippen LogP contribution in [0.15, 0.2) is 48.5 Å². The van der Waals surface area contributed by atoms with E-state index in [1.807, 2.05) is 6.07 Å². The van der Waals surface area contributed by atoms with Gasteiger partial charge in [-0.25, -0.2) is 0 Å². The van der Waals surface area contributed by atoms with Crippen molar-refractivity contribution in [2.24, 2.45) is 5.92 Å². The molecule has 1 unspecified atom stereocenters. The van der Waals surface area contributed by atoms with Crippen LogP contribution in [0.2, 0.25) is 0 Å². The number of benzene rings is 2. The Morgan fingerprint density at radius 3 is 2.32 bits per heavy atom. The zero-order valence-corrected chi connectivity index (χ0v) is 15.9. The van der Waals surface area contributed by atoms with Crippen LogP contribution >= 0.6 is 0 Å². The summed E-state index contributed by atoms with van der Waals surface area (Å²) in [5.74, 6) is -1.02. The van der Waals surface area contributed by atoms with Crippen LogP contribution in [0.4, 0.5) is 13.2 Å². The molecule has 2 N–H and O–H groups in total. The second-order valence-electron chi connectivity index (χ2n) is 6.93. The third kappa shape index (κ3) is 5.58. The number of carbonyl (C=O) groups excluding carboxylic acids is 2. The van der Waals surface area contributed by atoms with Gasteiger partial charge in [0.15, 0.2) is 0 Å². The number of amides is 2. The minimum atomic E-state index is -4.44. The molecule has 0 fully saturated rings. The van der Waals surface area contributed by atoms with E-state index in [1.165, 1.54) is 12.1 Å². The van der Waals surface area contributed by atoms with E-state index in [4.69, 9.17) is 0 Å². The molecule has 0 aliphatic carbocycles. The summed E-state index contributed by atoms with van der Waals surface area (Å²) in [5, 5.41) is 5.32. The normalized spacial score (nSPS) is 12.5. The first-order chi connectivity index (χ1) is 13.1. The van der Waals surface area contributed by atoms with E-state index in [-0.39, 0.29) is 18.4 Å². The first-order valence-corrected chi connectivity index (χ1v) is 8.90. The highest BCUT2D eigenvalue weighted by molar-refractivity contribution is 5.98. The van der Waals surface area contributed by atoms with Crippen molar-refractivity contribution in [3.8, 4) is 0 Å². The highest BCUT2D eigenvalue weighted by Crippen LogP contribution is 2.29. The Labute approximate surface area is 162 Å². The molecule has 2 aromatic carbocycles. The molecule has 0 aliphatic rings. The van der Waals surface area contributed by atoms with E-state index >= 15 is 0 Å². The van der Waals surface area contributed by atoms with Gasteiger partial charge >= 0.3 is 6.18 Å². The van der Waals surface area contributed by atoms with E-state index in [9.17, 15) is 22.8 Å². The van der Waals surface area contributed by atoms with Crippen LogP contribution < -0.4 is 10.6 Å². The van der Waals surface area contributed by atoms with Gasteiger partial charge in [-0.15, -0.1) is 0 Å². The van der Waals surface area contributed by atoms with Crippen LogP contribution in [0.25, 0.3) is 0 Å². The molecule has 0 radical (unpaired) electrons. The molecule has 0 aliphatic heterocycles. The molecule has 28 heavy (non-hydrogen) atoms. The average molecular weight is 392 g/mol.